The molecule has 6 heteroatoms. The van der Waals surface area contributed by atoms with E-state index in [0.29, 0.717) is 16.1 Å². The summed E-state index contributed by atoms with van der Waals surface area (Å²) in [5, 5.41) is 1.92. The second-order valence-corrected chi connectivity index (χ2v) is 8.24. The molecule has 0 saturated carbocycles. The molecule has 0 saturated heterocycles. The normalized spacial score (nSPS) is 11.4. The van der Waals surface area contributed by atoms with Gasteiger partial charge in [0, 0.05) is 28.9 Å². The fraction of sp³-hybridized carbons (Fsp3) is 0.115. The Balaban J connectivity index is 1.83. The van der Waals surface area contributed by atoms with Gasteiger partial charge in [-0.2, -0.15) is 0 Å². The molecule has 3 aromatic heterocycles. The van der Waals surface area contributed by atoms with E-state index in [0.717, 1.165) is 33.3 Å². The highest BCUT2D eigenvalue weighted by Crippen LogP contribution is 2.36. The van der Waals surface area contributed by atoms with E-state index in [2.05, 4.69) is 9.97 Å². The largest absolute Gasteiger partial charge is 0.485 e. The minimum Gasteiger partial charge on any atom is -0.485 e. The van der Waals surface area contributed by atoms with Crippen LogP contribution in [0.25, 0.3) is 44.3 Å². The van der Waals surface area contributed by atoms with E-state index in [-0.39, 0.29) is 17.3 Å². The second kappa shape index (κ2) is 8.09. The standard InChI is InChI=1S/C26H20ClN3O2/c1-15(2)32-22-14-29-26-20(25(22)31)13-19(23(30-26)16-7-4-3-5-8-16)18-11-17-9-6-10-28-24(17)21(27)12-18/h3-15H,1-2H3,(H,29,30,31). The van der Waals surface area contributed by atoms with Gasteiger partial charge in [0.1, 0.15) is 5.65 Å². The number of ether oxygens (including phenoxy) is 1. The first-order valence-corrected chi connectivity index (χ1v) is 10.7. The number of H-pyrrole nitrogens is 1. The zero-order chi connectivity index (χ0) is 22.2. The molecule has 0 aliphatic rings. The number of rotatable bonds is 4. The highest BCUT2D eigenvalue weighted by molar-refractivity contribution is 6.35. The highest BCUT2D eigenvalue weighted by atomic mass is 35.5. The Morgan fingerprint density at radius 2 is 1.81 bits per heavy atom. The average Bonchev–Trinajstić information content (AvgIpc) is 2.80. The van der Waals surface area contributed by atoms with Crippen molar-refractivity contribution in [3.8, 4) is 28.1 Å². The Hall–Kier alpha value is -3.70. The van der Waals surface area contributed by atoms with E-state index in [1.807, 2.05) is 74.5 Å². The number of nitrogens with one attached hydrogen (secondary N) is 1. The van der Waals surface area contributed by atoms with Gasteiger partial charge in [-0.25, -0.2) is 4.98 Å². The first-order valence-electron chi connectivity index (χ1n) is 10.3. The summed E-state index contributed by atoms with van der Waals surface area (Å²) >= 11 is 6.57. The third-order valence-corrected chi connectivity index (χ3v) is 5.50. The van der Waals surface area contributed by atoms with Crippen molar-refractivity contribution in [1.29, 1.82) is 0 Å². The molecule has 0 aliphatic heterocycles. The van der Waals surface area contributed by atoms with Gasteiger partial charge in [0.15, 0.2) is 5.75 Å². The number of benzene rings is 2. The fourth-order valence-electron chi connectivity index (χ4n) is 3.81. The third kappa shape index (κ3) is 3.61. The number of fused-ring (bicyclic) bond motifs is 2. The lowest BCUT2D eigenvalue weighted by Crippen LogP contribution is -2.15. The smallest absolute Gasteiger partial charge is 0.232 e. The van der Waals surface area contributed by atoms with Crippen molar-refractivity contribution in [2.75, 3.05) is 0 Å². The van der Waals surface area contributed by atoms with E-state index < -0.39 is 0 Å². The van der Waals surface area contributed by atoms with E-state index >= 15 is 0 Å². The number of halogens is 1. The van der Waals surface area contributed by atoms with Crippen LogP contribution in [0.1, 0.15) is 13.8 Å². The van der Waals surface area contributed by atoms with Crippen LogP contribution in [0, 0.1) is 0 Å². The Labute approximate surface area is 189 Å². The summed E-state index contributed by atoms with van der Waals surface area (Å²) in [6, 6.07) is 19.5. The fourth-order valence-corrected chi connectivity index (χ4v) is 4.09. The van der Waals surface area contributed by atoms with Crippen LogP contribution < -0.4 is 10.2 Å². The van der Waals surface area contributed by atoms with Crippen LogP contribution in [0.3, 0.4) is 0 Å². The molecule has 32 heavy (non-hydrogen) atoms. The molecule has 0 amide bonds. The molecule has 5 rings (SSSR count). The lowest BCUT2D eigenvalue weighted by molar-refractivity contribution is 0.239. The predicted molar refractivity (Wildman–Crippen MR) is 129 cm³/mol. The van der Waals surface area contributed by atoms with Crippen LogP contribution in [0.2, 0.25) is 5.02 Å². The number of aromatic nitrogens is 3. The maximum atomic E-state index is 13.2. The van der Waals surface area contributed by atoms with Gasteiger partial charge >= 0.3 is 0 Å². The Kier molecular flexibility index (Phi) is 5.11. The Morgan fingerprint density at radius 1 is 1.00 bits per heavy atom. The quantitative estimate of drug-likeness (QED) is 0.358. The molecule has 0 atom stereocenters. The summed E-state index contributed by atoms with van der Waals surface area (Å²) in [4.78, 5) is 25.5. The summed E-state index contributed by atoms with van der Waals surface area (Å²) in [7, 11) is 0. The second-order valence-electron chi connectivity index (χ2n) is 7.83. The summed E-state index contributed by atoms with van der Waals surface area (Å²) < 4.78 is 5.69. The van der Waals surface area contributed by atoms with Crippen LogP contribution in [0.4, 0.5) is 0 Å². The topological polar surface area (TPSA) is 67.9 Å². The molecule has 3 heterocycles. The molecule has 0 bridgehead atoms. The van der Waals surface area contributed by atoms with Crippen molar-refractivity contribution < 1.29 is 4.74 Å². The molecule has 0 fully saturated rings. The summed E-state index contributed by atoms with van der Waals surface area (Å²) in [5.41, 5.74) is 4.40. The minimum absolute atomic E-state index is 0.114. The van der Waals surface area contributed by atoms with Crippen molar-refractivity contribution in [3.05, 3.63) is 88.3 Å². The van der Waals surface area contributed by atoms with E-state index in [4.69, 9.17) is 21.3 Å². The molecule has 2 aromatic carbocycles. The molecular formula is C26H20ClN3O2. The lowest BCUT2D eigenvalue weighted by atomic mass is 9.97. The van der Waals surface area contributed by atoms with Crippen LogP contribution in [-0.4, -0.2) is 21.1 Å². The molecule has 158 valence electrons. The maximum Gasteiger partial charge on any atom is 0.232 e. The lowest BCUT2D eigenvalue weighted by Gasteiger charge is -2.14. The minimum atomic E-state index is -0.200. The van der Waals surface area contributed by atoms with Gasteiger partial charge in [-0.15, -0.1) is 0 Å². The van der Waals surface area contributed by atoms with Crippen molar-refractivity contribution in [3.63, 3.8) is 0 Å². The number of hydrogen-bond acceptors (Lipinski definition) is 4. The molecule has 0 unspecified atom stereocenters. The van der Waals surface area contributed by atoms with Gasteiger partial charge < -0.3 is 9.72 Å². The molecular weight excluding hydrogens is 422 g/mol. The molecule has 5 nitrogen and oxygen atoms in total. The molecule has 1 N–H and O–H groups in total. The highest BCUT2D eigenvalue weighted by Gasteiger charge is 2.17. The van der Waals surface area contributed by atoms with Crippen molar-refractivity contribution >= 4 is 33.5 Å². The SMILES string of the molecule is CC(C)Oc1c[nH]c2nc(-c3ccccc3)c(-c3cc(Cl)c4ncccc4c3)cc2c1=O. The predicted octanol–water partition coefficient (Wildman–Crippen LogP) is 6.25. The first-order chi connectivity index (χ1) is 15.5. The van der Waals surface area contributed by atoms with Gasteiger partial charge in [-0.3, -0.25) is 9.78 Å². The summed E-state index contributed by atoms with van der Waals surface area (Å²) in [6.45, 7) is 3.77. The van der Waals surface area contributed by atoms with E-state index in [1.54, 1.807) is 12.4 Å². The number of hydrogen-bond donors (Lipinski definition) is 1. The van der Waals surface area contributed by atoms with E-state index in [9.17, 15) is 4.79 Å². The van der Waals surface area contributed by atoms with Crippen molar-refractivity contribution in [1.82, 2.24) is 15.0 Å². The average molecular weight is 442 g/mol. The van der Waals surface area contributed by atoms with Gasteiger partial charge in [0.25, 0.3) is 0 Å². The third-order valence-electron chi connectivity index (χ3n) is 5.21. The van der Waals surface area contributed by atoms with Crippen LogP contribution in [-0.2, 0) is 0 Å². The van der Waals surface area contributed by atoms with Crippen LogP contribution >= 0.6 is 11.6 Å². The van der Waals surface area contributed by atoms with Crippen molar-refractivity contribution in [2.45, 2.75) is 20.0 Å². The van der Waals surface area contributed by atoms with Crippen LogP contribution in [0.15, 0.2) is 77.9 Å². The molecule has 5 aromatic rings. The Morgan fingerprint density at radius 3 is 2.59 bits per heavy atom. The summed E-state index contributed by atoms with van der Waals surface area (Å²) in [5.74, 6) is 0.272. The van der Waals surface area contributed by atoms with Crippen molar-refractivity contribution in [2.24, 2.45) is 0 Å². The zero-order valence-corrected chi connectivity index (χ0v) is 18.4. The number of aromatic amines is 1. The zero-order valence-electron chi connectivity index (χ0n) is 17.6. The molecule has 0 spiro atoms. The monoisotopic (exact) mass is 441 g/mol. The molecule has 0 aliphatic carbocycles. The maximum absolute atomic E-state index is 13.2. The number of nitrogens with zero attached hydrogens (tertiary/aromatic N) is 2. The molecule has 0 radical (unpaired) electrons. The summed E-state index contributed by atoms with van der Waals surface area (Å²) in [6.07, 6.45) is 3.18. The van der Waals surface area contributed by atoms with Crippen LogP contribution in [0.5, 0.6) is 5.75 Å². The van der Waals surface area contributed by atoms with Gasteiger partial charge in [0.05, 0.1) is 27.7 Å². The Bertz CT molecular complexity index is 1510. The number of pyridine rings is 3. The van der Waals surface area contributed by atoms with Gasteiger partial charge in [0.2, 0.25) is 5.43 Å². The first kappa shape index (κ1) is 20.2. The van der Waals surface area contributed by atoms with E-state index in [1.165, 1.54) is 0 Å². The van der Waals surface area contributed by atoms with Gasteiger partial charge in [-0.05, 0) is 43.7 Å². The van der Waals surface area contributed by atoms with Gasteiger partial charge in [-0.1, -0.05) is 48.0 Å².